The molecule has 0 radical (unpaired) electrons. The summed E-state index contributed by atoms with van der Waals surface area (Å²) in [5, 5.41) is 1.00. The Hall–Kier alpha value is -4.29. The van der Waals surface area contributed by atoms with Crippen LogP contribution >= 0.6 is 39.1 Å². The summed E-state index contributed by atoms with van der Waals surface area (Å²) in [7, 11) is 0. The van der Waals surface area contributed by atoms with Gasteiger partial charge in [0.25, 0.3) is 0 Å². The molecule has 4 nitrogen and oxygen atoms in total. The Morgan fingerprint density at radius 3 is 1.33 bits per heavy atom. The number of hydrogen-bond donors (Lipinski definition) is 0. The van der Waals surface area contributed by atoms with Crippen molar-refractivity contribution in [2.45, 2.75) is 10.8 Å². The molecule has 2 fully saturated rings. The molecular formula is C39H24BrCl2NO3. The van der Waals surface area contributed by atoms with Crippen LogP contribution in [-0.2, 0) is 25.2 Å². The normalized spacial score (nSPS) is 25.0. The Balaban J connectivity index is 1.57. The van der Waals surface area contributed by atoms with E-state index in [1.54, 1.807) is 42.5 Å². The van der Waals surface area contributed by atoms with Gasteiger partial charge >= 0.3 is 0 Å². The SMILES string of the molecule is O=C1[C@@H]2[C@H](C(=O)N1c1ccccc1Br)[C@]1(c3ccc(Cl)cc3)C(=O)[C@]2(c2ccc(Cl)cc2)C(c2ccccc2)=C1c1ccccc1. The first-order valence-corrected chi connectivity index (χ1v) is 16.4. The molecule has 1 aliphatic heterocycles. The fourth-order valence-corrected chi connectivity index (χ4v) is 8.94. The molecule has 0 aromatic heterocycles. The van der Waals surface area contributed by atoms with Gasteiger partial charge in [-0.3, -0.25) is 14.4 Å². The summed E-state index contributed by atoms with van der Waals surface area (Å²) >= 11 is 16.4. The smallest absolute Gasteiger partial charge is 0.239 e. The van der Waals surface area contributed by atoms with Gasteiger partial charge < -0.3 is 0 Å². The van der Waals surface area contributed by atoms with E-state index in [0.29, 0.717) is 31.3 Å². The number of carbonyl (C=O) groups excluding carboxylic acids is 3. The van der Waals surface area contributed by atoms with Gasteiger partial charge in [0.2, 0.25) is 11.8 Å². The summed E-state index contributed by atoms with van der Waals surface area (Å²) < 4.78 is 0.607. The summed E-state index contributed by atoms with van der Waals surface area (Å²) in [6.07, 6.45) is 0. The lowest BCUT2D eigenvalue weighted by Crippen LogP contribution is -2.45. The van der Waals surface area contributed by atoms with Crippen LogP contribution < -0.4 is 4.90 Å². The number of imide groups is 1. The van der Waals surface area contributed by atoms with E-state index in [1.807, 2.05) is 91.0 Å². The van der Waals surface area contributed by atoms with E-state index in [4.69, 9.17) is 23.2 Å². The number of nitrogens with zero attached hydrogens (tertiary/aromatic N) is 1. The molecule has 5 aromatic rings. The molecular weight excluding hydrogens is 681 g/mol. The molecule has 1 saturated carbocycles. The lowest BCUT2D eigenvalue weighted by atomic mass is 9.59. The lowest BCUT2D eigenvalue weighted by molar-refractivity contribution is -0.130. The molecule has 2 bridgehead atoms. The summed E-state index contributed by atoms with van der Waals surface area (Å²) in [4.78, 5) is 47.3. The van der Waals surface area contributed by atoms with Crippen molar-refractivity contribution >= 4 is 73.6 Å². The predicted molar refractivity (Wildman–Crippen MR) is 185 cm³/mol. The van der Waals surface area contributed by atoms with Crippen molar-refractivity contribution in [2.75, 3.05) is 4.90 Å². The average Bonchev–Trinajstić information content (AvgIpc) is 3.58. The van der Waals surface area contributed by atoms with Crippen LogP contribution in [0.2, 0.25) is 10.0 Å². The third-order valence-electron chi connectivity index (χ3n) is 9.81. The summed E-state index contributed by atoms with van der Waals surface area (Å²) in [5.41, 5.74) is 1.71. The number of hydrogen-bond acceptors (Lipinski definition) is 3. The second-order valence-corrected chi connectivity index (χ2v) is 13.6. The number of anilines is 1. The lowest BCUT2D eigenvalue weighted by Gasteiger charge is -2.39. The first kappa shape index (κ1) is 29.1. The monoisotopic (exact) mass is 703 g/mol. The first-order valence-electron chi connectivity index (χ1n) is 14.9. The molecule has 3 aliphatic rings. The first-order chi connectivity index (χ1) is 22.3. The van der Waals surface area contributed by atoms with Crippen molar-refractivity contribution in [3.8, 4) is 0 Å². The van der Waals surface area contributed by atoms with Crippen molar-refractivity contribution in [3.63, 3.8) is 0 Å². The van der Waals surface area contributed by atoms with Gasteiger partial charge in [-0.15, -0.1) is 0 Å². The molecule has 7 heteroatoms. The van der Waals surface area contributed by atoms with E-state index in [1.165, 1.54) is 4.90 Å². The molecule has 224 valence electrons. The van der Waals surface area contributed by atoms with E-state index < -0.39 is 34.5 Å². The number of halogens is 3. The number of amides is 2. The Kier molecular flexibility index (Phi) is 6.73. The van der Waals surface area contributed by atoms with E-state index in [2.05, 4.69) is 15.9 Å². The second kappa shape index (κ2) is 10.6. The minimum Gasteiger partial charge on any atom is -0.297 e. The number of allylic oxidation sites excluding steroid dienone is 2. The van der Waals surface area contributed by atoms with E-state index >= 15 is 14.4 Å². The highest BCUT2D eigenvalue weighted by Gasteiger charge is 2.82. The Morgan fingerprint density at radius 2 is 0.913 bits per heavy atom. The van der Waals surface area contributed by atoms with Crippen LogP contribution in [0.25, 0.3) is 11.1 Å². The molecule has 0 spiro atoms. The fourth-order valence-electron chi connectivity index (χ4n) is 8.23. The minimum absolute atomic E-state index is 0.203. The quantitative estimate of drug-likeness (QED) is 0.172. The molecule has 1 saturated heterocycles. The van der Waals surface area contributed by atoms with Crippen molar-refractivity contribution in [1.29, 1.82) is 0 Å². The number of benzene rings is 5. The Bertz CT molecular complexity index is 1970. The highest BCUT2D eigenvalue weighted by Crippen LogP contribution is 2.74. The van der Waals surface area contributed by atoms with Crippen LogP contribution in [0, 0.1) is 11.8 Å². The van der Waals surface area contributed by atoms with Gasteiger partial charge in [0, 0.05) is 14.5 Å². The largest absolute Gasteiger partial charge is 0.297 e. The van der Waals surface area contributed by atoms with Crippen molar-refractivity contribution in [3.05, 3.63) is 170 Å². The maximum atomic E-state index is 15.9. The van der Waals surface area contributed by atoms with Gasteiger partial charge in [-0.25, -0.2) is 4.90 Å². The zero-order chi connectivity index (χ0) is 31.8. The molecule has 1 heterocycles. The van der Waals surface area contributed by atoms with Crippen LogP contribution in [0.4, 0.5) is 5.69 Å². The predicted octanol–water partition coefficient (Wildman–Crippen LogP) is 8.94. The molecule has 0 unspecified atom stereocenters. The van der Waals surface area contributed by atoms with Gasteiger partial charge in [-0.05, 0) is 85.7 Å². The van der Waals surface area contributed by atoms with Gasteiger partial charge in [0.1, 0.15) is 0 Å². The number of rotatable bonds is 5. The summed E-state index contributed by atoms with van der Waals surface area (Å²) in [5.74, 6) is -3.09. The van der Waals surface area contributed by atoms with Crippen molar-refractivity contribution < 1.29 is 14.4 Å². The van der Waals surface area contributed by atoms with Crippen LogP contribution in [0.3, 0.4) is 0 Å². The molecule has 2 aliphatic carbocycles. The minimum atomic E-state index is -1.51. The highest BCUT2D eigenvalue weighted by atomic mass is 79.9. The van der Waals surface area contributed by atoms with Crippen molar-refractivity contribution in [1.82, 2.24) is 0 Å². The van der Waals surface area contributed by atoms with Gasteiger partial charge in [0.15, 0.2) is 5.78 Å². The van der Waals surface area contributed by atoms with Gasteiger partial charge in [0.05, 0.1) is 28.4 Å². The maximum Gasteiger partial charge on any atom is 0.239 e. The van der Waals surface area contributed by atoms with E-state index in [9.17, 15) is 0 Å². The van der Waals surface area contributed by atoms with Gasteiger partial charge in [-0.1, -0.05) is 120 Å². The average molecular weight is 705 g/mol. The molecule has 46 heavy (non-hydrogen) atoms. The molecule has 4 atom stereocenters. The van der Waals surface area contributed by atoms with Crippen LogP contribution in [0.1, 0.15) is 22.3 Å². The van der Waals surface area contributed by atoms with E-state index in [0.717, 1.165) is 22.3 Å². The molecule has 0 N–H and O–H groups in total. The second-order valence-electron chi connectivity index (χ2n) is 11.9. The topological polar surface area (TPSA) is 54.5 Å². The van der Waals surface area contributed by atoms with Gasteiger partial charge in [-0.2, -0.15) is 0 Å². The zero-order valence-electron chi connectivity index (χ0n) is 24.2. The molecule has 5 aromatic carbocycles. The molecule has 8 rings (SSSR count). The number of ketones is 1. The summed E-state index contributed by atoms with van der Waals surface area (Å²) in [6.45, 7) is 0. The molecule has 2 amide bonds. The maximum absolute atomic E-state index is 15.9. The summed E-state index contributed by atoms with van der Waals surface area (Å²) in [6, 6.07) is 40.9. The third kappa shape index (κ3) is 3.71. The number of carbonyl (C=O) groups is 3. The van der Waals surface area contributed by atoms with Crippen LogP contribution in [-0.4, -0.2) is 17.6 Å². The van der Waals surface area contributed by atoms with E-state index in [-0.39, 0.29) is 5.78 Å². The number of fused-ring (bicyclic) bond motifs is 5. The highest BCUT2D eigenvalue weighted by molar-refractivity contribution is 9.10. The number of para-hydroxylation sites is 1. The fraction of sp³-hybridized carbons (Fsp3) is 0.103. The Labute approximate surface area is 284 Å². The van der Waals surface area contributed by atoms with Crippen LogP contribution in [0.15, 0.2) is 138 Å². The number of Topliss-reactive ketones (excluding diaryl/α,β-unsaturated/α-hetero) is 1. The van der Waals surface area contributed by atoms with Crippen LogP contribution in [0.5, 0.6) is 0 Å². The zero-order valence-corrected chi connectivity index (χ0v) is 27.3. The standard InChI is InChI=1S/C39H24BrCl2NO3/c40-29-13-7-8-14-30(29)43-35(44)33-34(36(43)45)39(26-17-21-28(42)22-18-26)32(24-11-5-2-6-12-24)31(23-9-3-1-4-10-23)38(33,37(39)46)25-15-19-27(41)20-16-25/h1-22,33-34H/t33-,34+,38-,39-/m1/s1. The van der Waals surface area contributed by atoms with Crippen molar-refractivity contribution in [2.24, 2.45) is 11.8 Å². The third-order valence-corrected chi connectivity index (χ3v) is 11.0. The Morgan fingerprint density at radius 1 is 0.522 bits per heavy atom.